The quantitative estimate of drug-likeness (QED) is 0.357. The average Bonchev–Trinajstić information content (AvgIpc) is 2.90. The molecule has 0 unspecified atom stereocenters. The number of carbonyl (C=O) groups is 1. The maximum absolute atomic E-state index is 12.0. The molecular weight excluding hydrogens is 252 g/mol. The second-order valence-electron chi connectivity index (χ2n) is 5.27. The van der Waals surface area contributed by atoms with Gasteiger partial charge in [0.1, 0.15) is 0 Å². The van der Waals surface area contributed by atoms with Crippen molar-refractivity contribution in [3.8, 4) is 0 Å². The van der Waals surface area contributed by atoms with Crippen molar-refractivity contribution in [2.75, 3.05) is 0 Å². The van der Waals surface area contributed by atoms with E-state index in [1.807, 2.05) is 6.07 Å². The molecule has 0 aliphatic rings. The molecule has 1 nitrogen and oxygen atoms in total. The first-order valence-electron chi connectivity index (χ1n) is 7.89. The lowest BCUT2D eigenvalue weighted by Crippen LogP contribution is -1.95. The first-order valence-corrected chi connectivity index (χ1v) is 8.71. The van der Waals surface area contributed by atoms with E-state index in [0.29, 0.717) is 5.78 Å². The fraction of sp³-hybridized carbons (Fsp3) is 0.706. The highest BCUT2D eigenvalue weighted by Crippen LogP contribution is 2.20. The molecule has 0 amide bonds. The average molecular weight is 280 g/mol. The molecule has 108 valence electrons. The molecule has 2 heteroatoms. The molecule has 0 spiro atoms. The van der Waals surface area contributed by atoms with E-state index in [0.717, 1.165) is 24.1 Å². The molecule has 0 atom stereocenters. The Morgan fingerprint density at radius 2 is 1.58 bits per heavy atom. The number of Topliss-reactive ketones (excluding diaryl/α,β-unsaturated/α-hetero) is 1. The summed E-state index contributed by atoms with van der Waals surface area (Å²) in [5.41, 5.74) is 0. The summed E-state index contributed by atoms with van der Waals surface area (Å²) in [5, 5.41) is 0. The third-order valence-corrected chi connectivity index (χ3v) is 4.81. The minimum absolute atomic E-state index is 0.343. The van der Waals surface area contributed by atoms with Crippen LogP contribution in [0.15, 0.2) is 12.1 Å². The van der Waals surface area contributed by atoms with Gasteiger partial charge in [0.15, 0.2) is 5.78 Å². The normalized spacial score (nSPS) is 10.8. The molecular formula is C17H28OS. The number of ketones is 1. The molecule has 0 aromatic carbocycles. The van der Waals surface area contributed by atoms with Crippen molar-refractivity contribution in [2.24, 2.45) is 0 Å². The topological polar surface area (TPSA) is 17.1 Å². The van der Waals surface area contributed by atoms with Gasteiger partial charge in [0.25, 0.3) is 0 Å². The highest BCUT2D eigenvalue weighted by atomic mass is 32.1. The van der Waals surface area contributed by atoms with Gasteiger partial charge in [0.05, 0.1) is 4.88 Å². The van der Waals surface area contributed by atoms with Gasteiger partial charge in [-0.2, -0.15) is 0 Å². The molecule has 0 saturated carbocycles. The molecule has 0 aliphatic carbocycles. The van der Waals surface area contributed by atoms with Crippen LogP contribution in [0, 0.1) is 0 Å². The summed E-state index contributed by atoms with van der Waals surface area (Å²) in [4.78, 5) is 14.2. The van der Waals surface area contributed by atoms with Crippen LogP contribution >= 0.6 is 11.3 Å². The molecule has 0 N–H and O–H groups in total. The summed E-state index contributed by atoms with van der Waals surface area (Å²) in [6, 6.07) is 4.09. The lowest BCUT2D eigenvalue weighted by atomic mass is 10.1. The van der Waals surface area contributed by atoms with Crippen molar-refractivity contribution < 1.29 is 4.79 Å². The van der Waals surface area contributed by atoms with E-state index in [4.69, 9.17) is 0 Å². The van der Waals surface area contributed by atoms with Gasteiger partial charge < -0.3 is 0 Å². The molecule has 19 heavy (non-hydrogen) atoms. The standard InChI is InChI=1S/C17H28OS/c1-3-5-6-7-8-9-10-11-12-16(18)17-14-13-15(4-2)19-17/h13-14H,3-12H2,1-2H3. The summed E-state index contributed by atoms with van der Waals surface area (Å²) >= 11 is 1.67. The third kappa shape index (κ3) is 6.91. The van der Waals surface area contributed by atoms with Gasteiger partial charge in [-0.3, -0.25) is 4.79 Å². The predicted octanol–water partition coefficient (Wildman–Crippen LogP) is 6.02. The van der Waals surface area contributed by atoms with Crippen LogP contribution < -0.4 is 0 Å². The molecule has 0 saturated heterocycles. The van der Waals surface area contributed by atoms with Crippen LogP contribution in [0.2, 0.25) is 0 Å². The van der Waals surface area contributed by atoms with Crippen LogP contribution in [0.5, 0.6) is 0 Å². The van der Waals surface area contributed by atoms with Crippen molar-refractivity contribution in [3.63, 3.8) is 0 Å². The van der Waals surface area contributed by atoms with Crippen LogP contribution in [0.25, 0.3) is 0 Å². The number of hydrogen-bond acceptors (Lipinski definition) is 2. The van der Waals surface area contributed by atoms with E-state index in [2.05, 4.69) is 19.9 Å². The van der Waals surface area contributed by atoms with Gasteiger partial charge in [0, 0.05) is 11.3 Å². The van der Waals surface area contributed by atoms with Gasteiger partial charge in [-0.15, -0.1) is 11.3 Å². The largest absolute Gasteiger partial charge is 0.293 e. The monoisotopic (exact) mass is 280 g/mol. The highest BCUT2D eigenvalue weighted by Gasteiger charge is 2.08. The lowest BCUT2D eigenvalue weighted by Gasteiger charge is -2.01. The van der Waals surface area contributed by atoms with Crippen LogP contribution in [0.1, 0.15) is 86.2 Å². The van der Waals surface area contributed by atoms with Crippen molar-refractivity contribution in [1.29, 1.82) is 0 Å². The lowest BCUT2D eigenvalue weighted by molar-refractivity contribution is 0.0983. The van der Waals surface area contributed by atoms with Crippen molar-refractivity contribution >= 4 is 17.1 Å². The van der Waals surface area contributed by atoms with E-state index < -0.39 is 0 Å². The zero-order valence-corrected chi connectivity index (χ0v) is 13.4. The number of rotatable bonds is 11. The number of hydrogen-bond donors (Lipinski definition) is 0. The molecule has 0 fully saturated rings. The zero-order chi connectivity index (χ0) is 13.9. The van der Waals surface area contributed by atoms with Gasteiger partial charge in [0.2, 0.25) is 0 Å². The second-order valence-corrected chi connectivity index (χ2v) is 6.44. The molecule has 0 bridgehead atoms. The van der Waals surface area contributed by atoms with Crippen LogP contribution in [-0.4, -0.2) is 5.78 Å². The molecule has 1 rings (SSSR count). The number of unbranched alkanes of at least 4 members (excludes halogenated alkanes) is 7. The summed E-state index contributed by atoms with van der Waals surface area (Å²) in [5.74, 6) is 0.343. The van der Waals surface area contributed by atoms with E-state index in [9.17, 15) is 4.79 Å². The first kappa shape index (κ1) is 16.4. The van der Waals surface area contributed by atoms with Crippen LogP contribution in [0.4, 0.5) is 0 Å². The Kier molecular flexibility index (Phi) is 8.81. The molecule has 1 heterocycles. The van der Waals surface area contributed by atoms with Gasteiger partial charge in [-0.1, -0.05) is 58.8 Å². The summed E-state index contributed by atoms with van der Waals surface area (Å²) < 4.78 is 0. The molecule has 1 aromatic rings. The van der Waals surface area contributed by atoms with Gasteiger partial charge >= 0.3 is 0 Å². The summed E-state index contributed by atoms with van der Waals surface area (Å²) in [6.45, 7) is 4.39. The van der Waals surface area contributed by atoms with Crippen molar-refractivity contribution in [1.82, 2.24) is 0 Å². The molecule has 0 radical (unpaired) electrons. The van der Waals surface area contributed by atoms with Crippen LogP contribution in [0.3, 0.4) is 0 Å². The fourth-order valence-electron chi connectivity index (χ4n) is 2.26. The Morgan fingerprint density at radius 3 is 2.16 bits per heavy atom. The maximum atomic E-state index is 12.0. The summed E-state index contributed by atoms with van der Waals surface area (Å²) in [6.07, 6.45) is 12.1. The Labute approximate surface area is 122 Å². The second kappa shape index (κ2) is 10.2. The Hall–Kier alpha value is -0.630. The van der Waals surface area contributed by atoms with E-state index in [-0.39, 0.29) is 0 Å². The molecule has 1 aromatic heterocycles. The minimum atomic E-state index is 0.343. The fourth-order valence-corrected chi connectivity index (χ4v) is 3.18. The minimum Gasteiger partial charge on any atom is -0.293 e. The highest BCUT2D eigenvalue weighted by molar-refractivity contribution is 7.14. The smallest absolute Gasteiger partial charge is 0.172 e. The number of aryl methyl sites for hydroxylation is 1. The van der Waals surface area contributed by atoms with Gasteiger partial charge in [-0.25, -0.2) is 0 Å². The predicted molar refractivity (Wildman–Crippen MR) is 85.3 cm³/mol. The summed E-state index contributed by atoms with van der Waals surface area (Å²) in [7, 11) is 0. The van der Waals surface area contributed by atoms with Gasteiger partial charge in [-0.05, 0) is 25.0 Å². The van der Waals surface area contributed by atoms with Crippen molar-refractivity contribution in [3.05, 3.63) is 21.9 Å². The third-order valence-electron chi connectivity index (χ3n) is 3.54. The van der Waals surface area contributed by atoms with E-state index >= 15 is 0 Å². The van der Waals surface area contributed by atoms with Crippen molar-refractivity contribution in [2.45, 2.75) is 78.1 Å². The SMILES string of the molecule is CCCCCCCCCCC(=O)c1ccc(CC)s1. The number of carbonyl (C=O) groups excluding carboxylic acids is 1. The van der Waals surface area contributed by atoms with Crippen LogP contribution in [-0.2, 0) is 6.42 Å². The maximum Gasteiger partial charge on any atom is 0.172 e. The zero-order valence-electron chi connectivity index (χ0n) is 12.5. The first-order chi connectivity index (χ1) is 9.27. The Morgan fingerprint density at radius 1 is 0.947 bits per heavy atom. The Balaban J connectivity index is 2.04. The molecule has 0 aliphatic heterocycles. The Bertz CT molecular complexity index is 354. The van der Waals surface area contributed by atoms with E-state index in [1.54, 1.807) is 11.3 Å². The van der Waals surface area contributed by atoms with E-state index in [1.165, 1.54) is 49.8 Å². The number of thiophene rings is 1.